The van der Waals surface area contributed by atoms with E-state index in [4.69, 9.17) is 16.0 Å². The van der Waals surface area contributed by atoms with Crippen molar-refractivity contribution in [2.75, 3.05) is 0 Å². The number of amides is 1. The summed E-state index contributed by atoms with van der Waals surface area (Å²) < 4.78 is 6.86. The van der Waals surface area contributed by atoms with Gasteiger partial charge in [0.25, 0.3) is 5.91 Å². The average Bonchev–Trinajstić information content (AvgIpc) is 3.02. The SMILES string of the molecule is O=C1c2oc3ccc(Cl)cc3c(=O)c2C(c2ccc(Br)cc2)N1Cc1ccccc1. The molecule has 0 N–H and O–H groups in total. The molecule has 148 valence electrons. The van der Waals surface area contributed by atoms with Gasteiger partial charge in [0, 0.05) is 16.0 Å². The fourth-order valence-corrected chi connectivity index (χ4v) is 4.36. The van der Waals surface area contributed by atoms with Crippen LogP contribution in [0.3, 0.4) is 0 Å². The van der Waals surface area contributed by atoms with Gasteiger partial charge in [-0.3, -0.25) is 9.59 Å². The van der Waals surface area contributed by atoms with Crippen LogP contribution in [0.15, 0.2) is 86.5 Å². The predicted molar refractivity (Wildman–Crippen MR) is 120 cm³/mol. The molecule has 0 spiro atoms. The third-order valence-electron chi connectivity index (χ3n) is 5.31. The molecule has 4 nitrogen and oxygen atoms in total. The summed E-state index contributed by atoms with van der Waals surface area (Å²) in [5.41, 5.74) is 2.29. The Kier molecular flexibility index (Phi) is 4.72. The maximum absolute atomic E-state index is 13.5. The molecule has 2 heterocycles. The summed E-state index contributed by atoms with van der Waals surface area (Å²) in [6.45, 7) is 0.362. The number of carbonyl (C=O) groups is 1. The molecule has 4 aromatic rings. The van der Waals surface area contributed by atoms with Crippen LogP contribution in [0.1, 0.15) is 33.3 Å². The van der Waals surface area contributed by atoms with Crippen molar-refractivity contribution < 1.29 is 9.21 Å². The fraction of sp³-hybridized carbons (Fsp3) is 0.0833. The number of nitrogens with zero attached hydrogens (tertiary/aromatic N) is 1. The molecule has 0 radical (unpaired) electrons. The highest BCUT2D eigenvalue weighted by Gasteiger charge is 2.42. The predicted octanol–water partition coefficient (Wildman–Crippen LogP) is 5.95. The second-order valence-corrected chi connectivity index (χ2v) is 8.54. The van der Waals surface area contributed by atoms with Gasteiger partial charge in [0.05, 0.1) is 17.0 Å². The Morgan fingerprint density at radius 3 is 2.43 bits per heavy atom. The topological polar surface area (TPSA) is 50.5 Å². The highest BCUT2D eigenvalue weighted by atomic mass is 79.9. The molecule has 5 rings (SSSR count). The second kappa shape index (κ2) is 7.42. The third kappa shape index (κ3) is 3.15. The molecule has 6 heteroatoms. The van der Waals surface area contributed by atoms with Crippen LogP contribution in [0.5, 0.6) is 0 Å². The summed E-state index contributed by atoms with van der Waals surface area (Å²) in [6, 6.07) is 21.6. The van der Waals surface area contributed by atoms with Gasteiger partial charge in [0.15, 0.2) is 5.43 Å². The van der Waals surface area contributed by atoms with Gasteiger partial charge in [-0.2, -0.15) is 0 Å². The van der Waals surface area contributed by atoms with Crippen LogP contribution in [0.25, 0.3) is 11.0 Å². The first-order chi connectivity index (χ1) is 14.5. The second-order valence-electron chi connectivity index (χ2n) is 7.19. The molecular weight excluding hydrogens is 466 g/mol. The minimum Gasteiger partial charge on any atom is -0.450 e. The lowest BCUT2D eigenvalue weighted by molar-refractivity contribution is 0.0714. The van der Waals surface area contributed by atoms with Crippen molar-refractivity contribution in [3.05, 3.63) is 115 Å². The number of benzene rings is 3. The monoisotopic (exact) mass is 479 g/mol. The molecule has 0 fully saturated rings. The van der Waals surface area contributed by atoms with E-state index in [0.717, 1.165) is 15.6 Å². The van der Waals surface area contributed by atoms with Crippen LogP contribution in [0, 0.1) is 0 Å². The number of fused-ring (bicyclic) bond motifs is 2. The van der Waals surface area contributed by atoms with Crippen LogP contribution in [0.2, 0.25) is 5.02 Å². The first-order valence-electron chi connectivity index (χ1n) is 9.39. The minimum atomic E-state index is -0.541. The van der Waals surface area contributed by atoms with E-state index in [0.29, 0.717) is 28.1 Å². The van der Waals surface area contributed by atoms with E-state index in [-0.39, 0.29) is 17.1 Å². The van der Waals surface area contributed by atoms with Crippen LogP contribution in [0.4, 0.5) is 0 Å². The molecule has 0 bridgehead atoms. The molecule has 1 aliphatic rings. The smallest absolute Gasteiger partial charge is 0.291 e. The Hall–Kier alpha value is -2.89. The Morgan fingerprint density at radius 1 is 0.967 bits per heavy atom. The minimum absolute atomic E-state index is 0.0960. The van der Waals surface area contributed by atoms with Crippen molar-refractivity contribution in [1.29, 1.82) is 0 Å². The molecule has 3 aromatic carbocycles. The van der Waals surface area contributed by atoms with E-state index >= 15 is 0 Å². The van der Waals surface area contributed by atoms with Gasteiger partial charge >= 0.3 is 0 Å². The maximum Gasteiger partial charge on any atom is 0.291 e. The summed E-state index contributed by atoms with van der Waals surface area (Å²) in [5.74, 6) is -0.200. The van der Waals surface area contributed by atoms with Crippen molar-refractivity contribution in [3.8, 4) is 0 Å². The molecule has 1 unspecified atom stereocenters. The molecule has 30 heavy (non-hydrogen) atoms. The average molecular weight is 481 g/mol. The Labute approximate surface area is 185 Å². The van der Waals surface area contributed by atoms with Gasteiger partial charge < -0.3 is 9.32 Å². The highest BCUT2D eigenvalue weighted by Crippen LogP contribution is 2.39. The zero-order chi connectivity index (χ0) is 20.8. The van der Waals surface area contributed by atoms with E-state index in [9.17, 15) is 9.59 Å². The summed E-state index contributed by atoms with van der Waals surface area (Å²) in [6.07, 6.45) is 0. The first-order valence-corrected chi connectivity index (χ1v) is 10.6. The van der Waals surface area contributed by atoms with E-state index in [1.165, 1.54) is 0 Å². The molecule has 1 aromatic heterocycles. The fourth-order valence-electron chi connectivity index (χ4n) is 3.93. The van der Waals surface area contributed by atoms with Crippen molar-refractivity contribution in [1.82, 2.24) is 4.90 Å². The van der Waals surface area contributed by atoms with Crippen LogP contribution in [-0.4, -0.2) is 10.8 Å². The molecule has 0 saturated carbocycles. The number of hydrogen-bond donors (Lipinski definition) is 0. The van der Waals surface area contributed by atoms with Crippen LogP contribution >= 0.6 is 27.5 Å². The van der Waals surface area contributed by atoms with E-state index in [1.54, 1.807) is 23.1 Å². The molecule has 1 amide bonds. The van der Waals surface area contributed by atoms with Gasteiger partial charge in [-0.15, -0.1) is 0 Å². The quantitative estimate of drug-likeness (QED) is 0.364. The molecule has 0 saturated heterocycles. The lowest BCUT2D eigenvalue weighted by atomic mass is 9.98. The largest absolute Gasteiger partial charge is 0.450 e. The van der Waals surface area contributed by atoms with Gasteiger partial charge in [-0.05, 0) is 41.5 Å². The number of hydrogen-bond acceptors (Lipinski definition) is 3. The van der Waals surface area contributed by atoms with Gasteiger partial charge in [-0.25, -0.2) is 0 Å². The maximum atomic E-state index is 13.5. The standard InChI is InChI=1S/C24H15BrClNO3/c25-16-8-6-15(7-9-16)21-20-22(28)18-12-17(26)10-11-19(18)30-23(20)24(29)27(21)13-14-4-2-1-3-5-14/h1-12,21H,13H2. The number of carbonyl (C=O) groups excluding carboxylic acids is 1. The molecular formula is C24H15BrClNO3. The van der Waals surface area contributed by atoms with Crippen molar-refractivity contribution in [2.45, 2.75) is 12.6 Å². The van der Waals surface area contributed by atoms with E-state index in [1.807, 2.05) is 54.6 Å². The van der Waals surface area contributed by atoms with Gasteiger partial charge in [0.1, 0.15) is 5.58 Å². The third-order valence-corrected chi connectivity index (χ3v) is 6.07. The highest BCUT2D eigenvalue weighted by molar-refractivity contribution is 9.10. The zero-order valence-corrected chi connectivity index (χ0v) is 18.0. The first kappa shape index (κ1) is 19.1. The number of halogens is 2. The van der Waals surface area contributed by atoms with Gasteiger partial charge in [-0.1, -0.05) is 70.0 Å². The van der Waals surface area contributed by atoms with Crippen molar-refractivity contribution >= 4 is 44.4 Å². The van der Waals surface area contributed by atoms with Crippen molar-refractivity contribution in [3.63, 3.8) is 0 Å². The van der Waals surface area contributed by atoms with E-state index < -0.39 is 6.04 Å². The Morgan fingerprint density at radius 2 is 1.70 bits per heavy atom. The molecule has 1 atom stereocenters. The van der Waals surface area contributed by atoms with Crippen LogP contribution in [-0.2, 0) is 6.54 Å². The summed E-state index contributed by atoms with van der Waals surface area (Å²) in [7, 11) is 0. The van der Waals surface area contributed by atoms with Gasteiger partial charge in [0.2, 0.25) is 5.76 Å². The van der Waals surface area contributed by atoms with Crippen molar-refractivity contribution in [2.24, 2.45) is 0 Å². The van der Waals surface area contributed by atoms with Crippen LogP contribution < -0.4 is 5.43 Å². The number of rotatable bonds is 3. The summed E-state index contributed by atoms with van der Waals surface area (Å²) >= 11 is 9.56. The zero-order valence-electron chi connectivity index (χ0n) is 15.6. The lowest BCUT2D eigenvalue weighted by Gasteiger charge is -2.25. The lowest BCUT2D eigenvalue weighted by Crippen LogP contribution is -2.29. The normalized spacial score (nSPS) is 15.6. The Bertz CT molecular complexity index is 1330. The molecule has 0 aliphatic carbocycles. The summed E-state index contributed by atoms with van der Waals surface area (Å²) in [4.78, 5) is 28.5. The van der Waals surface area contributed by atoms with E-state index in [2.05, 4.69) is 15.9 Å². The Balaban J connectivity index is 1.74. The summed E-state index contributed by atoms with van der Waals surface area (Å²) in [5, 5.41) is 0.818. The molecule has 1 aliphatic heterocycles.